The molecule has 2 fully saturated rings. The fourth-order valence-electron chi connectivity index (χ4n) is 5.12. The van der Waals surface area contributed by atoms with Gasteiger partial charge in [0.1, 0.15) is 10.5 Å². The zero-order valence-electron chi connectivity index (χ0n) is 18.8. The topological polar surface area (TPSA) is 78.1 Å². The van der Waals surface area contributed by atoms with E-state index in [-0.39, 0.29) is 23.2 Å². The number of nitrogens with one attached hydrogen (secondary N) is 2. The number of hydrogen-bond donors (Lipinski definition) is 2. The molecule has 1 amide bonds. The number of carbonyl (C=O) groups excluding carboxylic acids is 1. The van der Waals surface area contributed by atoms with Crippen molar-refractivity contribution in [3.8, 4) is 11.1 Å². The van der Waals surface area contributed by atoms with Crippen LogP contribution in [0.1, 0.15) is 45.4 Å². The highest BCUT2D eigenvalue weighted by Gasteiger charge is 2.30. The molecule has 5 rings (SSSR count). The van der Waals surface area contributed by atoms with E-state index in [4.69, 9.17) is 4.98 Å². The molecular weight excluding hydrogens is 439 g/mol. The summed E-state index contributed by atoms with van der Waals surface area (Å²) < 4.78 is 14.9. The second kappa shape index (κ2) is 9.25. The van der Waals surface area contributed by atoms with Crippen LogP contribution >= 0.6 is 11.3 Å². The molecule has 6 nitrogen and oxygen atoms in total. The monoisotopic (exact) mass is 468 g/mol. The molecule has 174 valence electrons. The number of nitrogens with zero attached hydrogens (tertiary/aromatic N) is 2. The maximum absolute atomic E-state index is 14.4. The molecule has 2 aromatic heterocycles. The van der Waals surface area contributed by atoms with E-state index in [1.165, 1.54) is 36.7 Å². The van der Waals surface area contributed by atoms with E-state index >= 15 is 0 Å². The molecule has 3 aromatic rings. The maximum atomic E-state index is 14.4. The first kappa shape index (κ1) is 22.1. The number of thiophene rings is 1. The third kappa shape index (κ3) is 4.40. The highest BCUT2D eigenvalue weighted by molar-refractivity contribution is 7.17. The van der Waals surface area contributed by atoms with Crippen molar-refractivity contribution in [1.29, 1.82) is 0 Å². The van der Waals surface area contributed by atoms with Gasteiger partial charge in [-0.3, -0.25) is 14.6 Å². The van der Waals surface area contributed by atoms with Gasteiger partial charge in [0.15, 0.2) is 0 Å². The summed E-state index contributed by atoms with van der Waals surface area (Å²) in [6.45, 7) is 3.52. The van der Waals surface area contributed by atoms with Crippen molar-refractivity contribution in [2.24, 2.45) is 11.8 Å². The maximum Gasteiger partial charge on any atom is 0.270 e. The number of hydrogen-bond acceptors (Lipinski definition) is 5. The highest BCUT2D eigenvalue weighted by atomic mass is 32.1. The molecule has 0 spiro atoms. The standard InChI is InChI=1S/C25H29FN4O2S/c1-15-6-2-5-9-20(15)27-23(31)16-10-12-30(13-11-16)25-28-21-18(14-33-22(21)24(32)29-25)17-7-3-4-8-19(17)26/h3-4,7-8,14-16,20H,2,5-6,9-13H2,1H3,(H,27,31)(H,28,29,32). The lowest BCUT2D eigenvalue weighted by Gasteiger charge is -2.34. The second-order valence-corrected chi connectivity index (χ2v) is 10.2. The molecule has 2 aliphatic rings. The molecule has 33 heavy (non-hydrogen) atoms. The van der Waals surface area contributed by atoms with Gasteiger partial charge in [0.05, 0.1) is 5.52 Å². The molecule has 8 heteroatoms. The first-order valence-corrected chi connectivity index (χ1v) is 12.7. The van der Waals surface area contributed by atoms with Crippen molar-refractivity contribution < 1.29 is 9.18 Å². The smallest absolute Gasteiger partial charge is 0.270 e. The minimum Gasteiger partial charge on any atom is -0.353 e. The van der Waals surface area contributed by atoms with Crippen molar-refractivity contribution in [1.82, 2.24) is 15.3 Å². The van der Waals surface area contributed by atoms with E-state index in [9.17, 15) is 14.0 Å². The van der Waals surface area contributed by atoms with Gasteiger partial charge in [0.25, 0.3) is 5.56 Å². The first-order chi connectivity index (χ1) is 16.0. The van der Waals surface area contributed by atoms with Gasteiger partial charge >= 0.3 is 0 Å². The van der Waals surface area contributed by atoms with E-state index in [0.29, 0.717) is 52.3 Å². The lowest BCUT2D eigenvalue weighted by molar-refractivity contribution is -0.126. The zero-order valence-corrected chi connectivity index (χ0v) is 19.6. The molecule has 2 unspecified atom stereocenters. The van der Waals surface area contributed by atoms with Crippen molar-refractivity contribution in [2.45, 2.75) is 51.5 Å². The first-order valence-electron chi connectivity index (χ1n) is 11.8. The van der Waals surface area contributed by atoms with Crippen LogP contribution in [-0.2, 0) is 4.79 Å². The summed E-state index contributed by atoms with van der Waals surface area (Å²) in [4.78, 5) is 35.2. The van der Waals surface area contributed by atoms with E-state index in [2.05, 4.69) is 17.2 Å². The van der Waals surface area contributed by atoms with Crippen LogP contribution < -0.4 is 15.8 Å². The molecule has 2 atom stereocenters. The molecule has 1 aliphatic carbocycles. The number of aromatic amines is 1. The van der Waals surface area contributed by atoms with Gasteiger partial charge in [0, 0.05) is 41.6 Å². The van der Waals surface area contributed by atoms with E-state index in [1.807, 2.05) is 4.90 Å². The van der Waals surface area contributed by atoms with Gasteiger partial charge in [-0.2, -0.15) is 0 Å². The number of benzene rings is 1. The second-order valence-electron chi connectivity index (χ2n) is 9.33. The van der Waals surface area contributed by atoms with Gasteiger partial charge in [-0.15, -0.1) is 11.3 Å². The molecule has 1 aromatic carbocycles. The average Bonchev–Trinajstić information content (AvgIpc) is 3.25. The Balaban J connectivity index is 1.31. The Kier molecular flexibility index (Phi) is 6.19. The fraction of sp³-hybridized carbons (Fsp3) is 0.480. The predicted octanol–water partition coefficient (Wildman–Crippen LogP) is 4.70. The number of piperidine rings is 1. The molecule has 2 N–H and O–H groups in total. The Bertz CT molecular complexity index is 1210. The number of amides is 1. The lowest BCUT2D eigenvalue weighted by atomic mass is 9.85. The summed E-state index contributed by atoms with van der Waals surface area (Å²) in [6.07, 6.45) is 6.14. The number of H-pyrrole nitrogens is 1. The van der Waals surface area contributed by atoms with Crippen LogP contribution in [0.2, 0.25) is 0 Å². The zero-order chi connectivity index (χ0) is 22.9. The van der Waals surface area contributed by atoms with Gasteiger partial charge in [0.2, 0.25) is 11.9 Å². The predicted molar refractivity (Wildman–Crippen MR) is 130 cm³/mol. The van der Waals surface area contributed by atoms with Gasteiger partial charge in [-0.05, 0) is 37.7 Å². The van der Waals surface area contributed by atoms with Crippen molar-refractivity contribution in [3.63, 3.8) is 0 Å². The number of carbonyl (C=O) groups is 1. The van der Waals surface area contributed by atoms with Crippen LogP contribution in [0.15, 0.2) is 34.4 Å². The third-order valence-corrected chi connectivity index (χ3v) is 8.15. The summed E-state index contributed by atoms with van der Waals surface area (Å²) in [5.41, 5.74) is 1.39. The van der Waals surface area contributed by atoms with Crippen LogP contribution in [0, 0.1) is 17.7 Å². The lowest BCUT2D eigenvalue weighted by Crippen LogP contribution is -2.47. The molecule has 1 aliphatic heterocycles. The average molecular weight is 469 g/mol. The molecule has 0 bridgehead atoms. The summed E-state index contributed by atoms with van der Waals surface area (Å²) in [7, 11) is 0. The van der Waals surface area contributed by atoms with Crippen LogP contribution in [-0.4, -0.2) is 35.0 Å². The van der Waals surface area contributed by atoms with Gasteiger partial charge in [-0.1, -0.05) is 38.0 Å². The summed E-state index contributed by atoms with van der Waals surface area (Å²) >= 11 is 1.28. The Morgan fingerprint density at radius 1 is 1.15 bits per heavy atom. The number of rotatable bonds is 4. The van der Waals surface area contributed by atoms with Gasteiger partial charge in [-0.25, -0.2) is 9.37 Å². The van der Waals surface area contributed by atoms with E-state index < -0.39 is 0 Å². The fourth-order valence-corrected chi connectivity index (χ4v) is 6.02. The molecule has 0 radical (unpaired) electrons. The van der Waals surface area contributed by atoms with E-state index in [1.54, 1.807) is 23.6 Å². The molecule has 3 heterocycles. The summed E-state index contributed by atoms with van der Waals surface area (Å²) in [5, 5.41) is 5.08. The molecular formula is C25H29FN4O2S. The van der Waals surface area contributed by atoms with Gasteiger partial charge < -0.3 is 10.2 Å². The minimum atomic E-state index is -0.333. The Labute approximate surface area is 196 Å². The van der Waals surface area contributed by atoms with Crippen LogP contribution in [0.25, 0.3) is 21.3 Å². The van der Waals surface area contributed by atoms with Crippen molar-refractivity contribution >= 4 is 33.4 Å². The van der Waals surface area contributed by atoms with Crippen molar-refractivity contribution in [3.05, 3.63) is 45.8 Å². The normalized spacial score (nSPS) is 21.9. The highest BCUT2D eigenvalue weighted by Crippen LogP contribution is 2.33. The van der Waals surface area contributed by atoms with Crippen LogP contribution in [0.4, 0.5) is 10.3 Å². The Morgan fingerprint density at radius 2 is 1.91 bits per heavy atom. The number of aromatic nitrogens is 2. The summed E-state index contributed by atoms with van der Waals surface area (Å²) in [5.74, 6) is 0.840. The van der Waals surface area contributed by atoms with E-state index in [0.717, 1.165) is 19.3 Å². The number of halogens is 1. The van der Waals surface area contributed by atoms with Crippen LogP contribution in [0.5, 0.6) is 0 Å². The Morgan fingerprint density at radius 3 is 2.67 bits per heavy atom. The number of fused-ring (bicyclic) bond motifs is 1. The quantitative estimate of drug-likeness (QED) is 0.582. The Hall–Kier alpha value is -2.74. The summed E-state index contributed by atoms with van der Waals surface area (Å²) in [6, 6.07) is 6.84. The SMILES string of the molecule is CC1CCCCC1NC(=O)C1CCN(c2nc3c(-c4ccccc4F)csc3c(=O)[nH]2)CC1. The van der Waals surface area contributed by atoms with Crippen molar-refractivity contribution in [2.75, 3.05) is 18.0 Å². The van der Waals surface area contributed by atoms with Crippen LogP contribution in [0.3, 0.4) is 0 Å². The third-order valence-electron chi connectivity index (χ3n) is 7.18. The molecule has 1 saturated carbocycles. The molecule has 1 saturated heterocycles. The largest absolute Gasteiger partial charge is 0.353 e. The number of anilines is 1. The minimum absolute atomic E-state index is 0.0130.